The monoisotopic (exact) mass is 233 g/mol. The van der Waals surface area contributed by atoms with Gasteiger partial charge in [-0.25, -0.2) is 0 Å². The Kier molecular flexibility index (Phi) is 3.79. The van der Waals surface area contributed by atoms with Crippen molar-refractivity contribution < 1.29 is 0 Å². The Balaban J connectivity index is 2.01. The molecule has 3 nitrogen and oxygen atoms in total. The molecule has 1 aliphatic heterocycles. The maximum absolute atomic E-state index is 4.19. The molecule has 0 aromatic carbocycles. The molecule has 0 aliphatic carbocycles. The van der Waals surface area contributed by atoms with E-state index < -0.39 is 0 Å². The number of likely N-dealkylation sites (tertiary alicyclic amines) is 1. The highest BCUT2D eigenvalue weighted by Crippen LogP contribution is 2.33. The van der Waals surface area contributed by atoms with E-state index in [1.165, 1.54) is 18.5 Å². The highest BCUT2D eigenvalue weighted by atomic mass is 15.2. The van der Waals surface area contributed by atoms with E-state index >= 15 is 0 Å². The third kappa shape index (κ3) is 3.05. The highest BCUT2D eigenvalue weighted by molar-refractivity contribution is 5.10. The van der Waals surface area contributed by atoms with Crippen molar-refractivity contribution in [2.75, 3.05) is 20.1 Å². The zero-order valence-electron chi connectivity index (χ0n) is 11.1. The number of aromatic nitrogens is 1. The van der Waals surface area contributed by atoms with Crippen LogP contribution >= 0.6 is 0 Å². The topological polar surface area (TPSA) is 28.2 Å². The Hall–Kier alpha value is -0.930. The zero-order chi connectivity index (χ0) is 12.3. The van der Waals surface area contributed by atoms with Crippen molar-refractivity contribution in [2.45, 2.75) is 32.4 Å². The molecule has 0 bridgehead atoms. The van der Waals surface area contributed by atoms with Crippen LogP contribution in [-0.4, -0.2) is 35.6 Å². The minimum Gasteiger partial charge on any atom is -0.319 e. The number of nitrogens with zero attached hydrogens (tertiary/aromatic N) is 2. The summed E-state index contributed by atoms with van der Waals surface area (Å²) in [5.74, 6) is 0.770. The molecule has 3 heteroatoms. The number of hydrogen-bond acceptors (Lipinski definition) is 3. The molecule has 1 aromatic rings. The van der Waals surface area contributed by atoms with Crippen LogP contribution in [0.25, 0.3) is 0 Å². The predicted molar refractivity (Wildman–Crippen MR) is 70.8 cm³/mol. The van der Waals surface area contributed by atoms with E-state index in [2.05, 4.69) is 35.1 Å². The molecule has 0 amide bonds. The van der Waals surface area contributed by atoms with Crippen molar-refractivity contribution in [2.24, 2.45) is 5.92 Å². The minimum atomic E-state index is 0.303. The second-order valence-corrected chi connectivity index (χ2v) is 5.68. The van der Waals surface area contributed by atoms with Crippen LogP contribution in [-0.2, 0) is 6.54 Å². The lowest BCUT2D eigenvalue weighted by Crippen LogP contribution is -2.37. The first-order valence-corrected chi connectivity index (χ1v) is 6.40. The van der Waals surface area contributed by atoms with Gasteiger partial charge in [-0.05, 0) is 51.4 Å². The molecule has 1 unspecified atom stereocenters. The van der Waals surface area contributed by atoms with Crippen LogP contribution in [0.15, 0.2) is 24.5 Å². The summed E-state index contributed by atoms with van der Waals surface area (Å²) < 4.78 is 0. The van der Waals surface area contributed by atoms with Crippen molar-refractivity contribution in [1.29, 1.82) is 0 Å². The second-order valence-electron chi connectivity index (χ2n) is 5.68. The first kappa shape index (κ1) is 12.5. The molecule has 94 valence electrons. The third-order valence-electron chi connectivity index (χ3n) is 3.71. The lowest BCUT2D eigenvalue weighted by atomic mass is 9.96. The maximum Gasteiger partial charge on any atom is 0.0312 e. The van der Waals surface area contributed by atoms with Gasteiger partial charge < -0.3 is 5.32 Å². The molecule has 1 fully saturated rings. The molecule has 1 aromatic heterocycles. The van der Waals surface area contributed by atoms with E-state index in [0.29, 0.717) is 5.54 Å². The van der Waals surface area contributed by atoms with Crippen LogP contribution in [0.4, 0.5) is 0 Å². The second kappa shape index (κ2) is 5.15. The van der Waals surface area contributed by atoms with Crippen molar-refractivity contribution in [3.05, 3.63) is 30.1 Å². The smallest absolute Gasteiger partial charge is 0.0312 e. The summed E-state index contributed by atoms with van der Waals surface area (Å²) in [4.78, 5) is 6.77. The van der Waals surface area contributed by atoms with Crippen molar-refractivity contribution >= 4 is 0 Å². The zero-order valence-corrected chi connectivity index (χ0v) is 11.1. The summed E-state index contributed by atoms with van der Waals surface area (Å²) >= 11 is 0. The average Bonchev–Trinajstić information content (AvgIpc) is 2.55. The molecule has 0 spiro atoms. The first-order valence-electron chi connectivity index (χ1n) is 6.40. The third-order valence-corrected chi connectivity index (χ3v) is 3.71. The van der Waals surface area contributed by atoms with Crippen LogP contribution in [0, 0.1) is 5.92 Å². The summed E-state index contributed by atoms with van der Waals surface area (Å²) in [5, 5.41) is 3.29. The fourth-order valence-corrected chi connectivity index (χ4v) is 2.87. The molecule has 0 radical (unpaired) electrons. The van der Waals surface area contributed by atoms with Gasteiger partial charge in [-0.1, -0.05) is 6.07 Å². The highest BCUT2D eigenvalue weighted by Gasteiger charge is 2.37. The average molecular weight is 233 g/mol. The van der Waals surface area contributed by atoms with Crippen molar-refractivity contribution in [1.82, 2.24) is 15.2 Å². The van der Waals surface area contributed by atoms with Crippen LogP contribution in [0.2, 0.25) is 0 Å². The normalized spacial score (nSPS) is 24.1. The lowest BCUT2D eigenvalue weighted by Gasteiger charge is -2.31. The first-order chi connectivity index (χ1) is 8.12. The van der Waals surface area contributed by atoms with Gasteiger partial charge >= 0.3 is 0 Å². The van der Waals surface area contributed by atoms with Crippen LogP contribution in [0.3, 0.4) is 0 Å². The van der Waals surface area contributed by atoms with Crippen LogP contribution in [0.5, 0.6) is 0 Å². The molecule has 1 aliphatic rings. The summed E-state index contributed by atoms with van der Waals surface area (Å²) in [7, 11) is 2.04. The van der Waals surface area contributed by atoms with Crippen molar-refractivity contribution in [3.8, 4) is 0 Å². The van der Waals surface area contributed by atoms with Gasteiger partial charge in [-0.15, -0.1) is 0 Å². The van der Waals surface area contributed by atoms with E-state index in [-0.39, 0.29) is 0 Å². The van der Waals surface area contributed by atoms with E-state index in [1.807, 2.05) is 25.5 Å². The van der Waals surface area contributed by atoms with Gasteiger partial charge in [0.15, 0.2) is 0 Å². The summed E-state index contributed by atoms with van der Waals surface area (Å²) in [6.45, 7) is 8.01. The van der Waals surface area contributed by atoms with Crippen molar-refractivity contribution in [3.63, 3.8) is 0 Å². The molecule has 2 heterocycles. The molecule has 17 heavy (non-hydrogen) atoms. The van der Waals surface area contributed by atoms with Gasteiger partial charge in [0.25, 0.3) is 0 Å². The molecule has 0 saturated carbocycles. The maximum atomic E-state index is 4.19. The molecule has 1 saturated heterocycles. The molecular formula is C14H23N3. The predicted octanol–water partition coefficient (Wildman–Crippen LogP) is 1.90. The van der Waals surface area contributed by atoms with Crippen LogP contribution in [0.1, 0.15) is 25.8 Å². The summed E-state index contributed by atoms with van der Waals surface area (Å²) in [6.07, 6.45) is 5.08. The van der Waals surface area contributed by atoms with Gasteiger partial charge in [-0.3, -0.25) is 9.88 Å². The SMILES string of the molecule is CNCC1CN(Cc2cccnc2)C(C)(C)C1. The summed E-state index contributed by atoms with van der Waals surface area (Å²) in [6, 6.07) is 4.18. The number of pyridine rings is 1. The molecule has 1 atom stereocenters. The fraction of sp³-hybridized carbons (Fsp3) is 0.643. The Labute approximate surface area is 104 Å². The largest absolute Gasteiger partial charge is 0.319 e. The van der Waals surface area contributed by atoms with Gasteiger partial charge in [0.1, 0.15) is 0 Å². The Morgan fingerprint density at radius 1 is 1.53 bits per heavy atom. The standard InChI is InChI=1S/C14H23N3/c1-14(2)7-13(8-15-3)11-17(14)10-12-5-4-6-16-9-12/h4-6,9,13,15H,7-8,10-11H2,1-3H3. The fourth-order valence-electron chi connectivity index (χ4n) is 2.87. The van der Waals surface area contributed by atoms with Gasteiger partial charge in [-0.2, -0.15) is 0 Å². The minimum absolute atomic E-state index is 0.303. The van der Waals surface area contributed by atoms with Gasteiger partial charge in [0.05, 0.1) is 0 Å². The molecule has 1 N–H and O–H groups in total. The Bertz CT molecular complexity index is 348. The molecular weight excluding hydrogens is 210 g/mol. The van der Waals surface area contributed by atoms with Crippen LogP contribution < -0.4 is 5.32 Å². The van der Waals surface area contributed by atoms with E-state index in [9.17, 15) is 0 Å². The lowest BCUT2D eigenvalue weighted by molar-refractivity contribution is 0.166. The Morgan fingerprint density at radius 3 is 3.00 bits per heavy atom. The number of rotatable bonds is 4. The van der Waals surface area contributed by atoms with E-state index in [4.69, 9.17) is 0 Å². The molecule has 2 rings (SSSR count). The quantitative estimate of drug-likeness (QED) is 0.861. The van der Waals surface area contributed by atoms with E-state index in [1.54, 1.807) is 0 Å². The number of hydrogen-bond donors (Lipinski definition) is 1. The van der Waals surface area contributed by atoms with Gasteiger partial charge in [0.2, 0.25) is 0 Å². The van der Waals surface area contributed by atoms with E-state index in [0.717, 1.165) is 19.0 Å². The number of nitrogens with one attached hydrogen (secondary N) is 1. The Morgan fingerprint density at radius 2 is 2.35 bits per heavy atom. The summed E-state index contributed by atoms with van der Waals surface area (Å²) in [5.41, 5.74) is 1.61. The van der Waals surface area contributed by atoms with Gasteiger partial charge in [0, 0.05) is 31.0 Å².